The standard InChI is InChI=1S/C16H32N2O2/c1-6-20-15(19)16(17-4)10-7-8-14(12-16)18(5)11-9-13(2)3/h13-14,17H,6-12H2,1-5H3. The third kappa shape index (κ3) is 4.45. The van der Waals surface area contributed by atoms with Crippen LogP contribution in [0.3, 0.4) is 0 Å². The van der Waals surface area contributed by atoms with Gasteiger partial charge in [-0.15, -0.1) is 0 Å². The van der Waals surface area contributed by atoms with Crippen molar-refractivity contribution in [3.63, 3.8) is 0 Å². The van der Waals surface area contributed by atoms with Crippen molar-refractivity contribution in [1.82, 2.24) is 10.2 Å². The predicted molar refractivity (Wildman–Crippen MR) is 82.8 cm³/mol. The molecular weight excluding hydrogens is 252 g/mol. The summed E-state index contributed by atoms with van der Waals surface area (Å²) in [4.78, 5) is 14.7. The normalized spacial score (nSPS) is 27.1. The predicted octanol–water partition coefficient (Wildman–Crippen LogP) is 2.43. The van der Waals surface area contributed by atoms with Gasteiger partial charge in [0.05, 0.1) is 6.61 Å². The second-order valence-corrected chi connectivity index (χ2v) is 6.47. The molecule has 2 atom stereocenters. The smallest absolute Gasteiger partial charge is 0.326 e. The maximum absolute atomic E-state index is 12.3. The molecule has 4 nitrogen and oxygen atoms in total. The van der Waals surface area contributed by atoms with Crippen LogP contribution in [0, 0.1) is 5.92 Å². The first-order valence-corrected chi connectivity index (χ1v) is 8.01. The Labute approximate surface area is 124 Å². The highest BCUT2D eigenvalue weighted by molar-refractivity contribution is 5.81. The van der Waals surface area contributed by atoms with Crippen molar-refractivity contribution in [1.29, 1.82) is 0 Å². The number of likely N-dealkylation sites (N-methyl/N-ethyl adjacent to an activating group) is 1. The third-order valence-electron chi connectivity index (χ3n) is 4.55. The van der Waals surface area contributed by atoms with Crippen LogP contribution in [0.5, 0.6) is 0 Å². The van der Waals surface area contributed by atoms with E-state index < -0.39 is 5.54 Å². The van der Waals surface area contributed by atoms with E-state index >= 15 is 0 Å². The van der Waals surface area contributed by atoms with E-state index in [2.05, 4.69) is 31.1 Å². The summed E-state index contributed by atoms with van der Waals surface area (Å²) in [6.07, 6.45) is 5.21. The number of hydrogen-bond donors (Lipinski definition) is 1. The molecule has 1 rings (SSSR count). The van der Waals surface area contributed by atoms with Gasteiger partial charge >= 0.3 is 5.97 Å². The van der Waals surface area contributed by atoms with Crippen LogP contribution < -0.4 is 5.32 Å². The molecule has 0 amide bonds. The second-order valence-electron chi connectivity index (χ2n) is 6.47. The molecule has 0 heterocycles. The Kier molecular flexibility index (Phi) is 6.96. The van der Waals surface area contributed by atoms with E-state index in [0.29, 0.717) is 12.6 Å². The summed E-state index contributed by atoms with van der Waals surface area (Å²) in [5.41, 5.74) is -0.481. The molecule has 118 valence electrons. The number of ether oxygens (including phenoxy) is 1. The molecule has 20 heavy (non-hydrogen) atoms. The first kappa shape index (κ1) is 17.4. The summed E-state index contributed by atoms with van der Waals surface area (Å²) in [6.45, 7) is 7.94. The molecule has 0 aliphatic heterocycles. The van der Waals surface area contributed by atoms with E-state index in [0.717, 1.165) is 31.7 Å². The van der Waals surface area contributed by atoms with E-state index in [1.807, 2.05) is 14.0 Å². The lowest BCUT2D eigenvalue weighted by Crippen LogP contribution is -2.57. The van der Waals surface area contributed by atoms with Crippen molar-refractivity contribution in [2.45, 2.75) is 64.5 Å². The summed E-state index contributed by atoms with van der Waals surface area (Å²) in [5, 5.41) is 3.25. The van der Waals surface area contributed by atoms with Crippen molar-refractivity contribution in [2.24, 2.45) is 5.92 Å². The molecule has 1 aliphatic carbocycles. The molecule has 0 aromatic rings. The van der Waals surface area contributed by atoms with Crippen LogP contribution in [0.2, 0.25) is 0 Å². The Morgan fingerprint density at radius 2 is 2.20 bits per heavy atom. The van der Waals surface area contributed by atoms with Crippen LogP contribution in [-0.4, -0.2) is 49.7 Å². The molecule has 1 aliphatic rings. The molecule has 1 saturated carbocycles. The van der Waals surface area contributed by atoms with E-state index in [1.54, 1.807) is 0 Å². The Hall–Kier alpha value is -0.610. The summed E-state index contributed by atoms with van der Waals surface area (Å²) >= 11 is 0. The second kappa shape index (κ2) is 7.99. The first-order chi connectivity index (χ1) is 9.45. The Morgan fingerprint density at radius 3 is 2.75 bits per heavy atom. The first-order valence-electron chi connectivity index (χ1n) is 8.01. The minimum Gasteiger partial charge on any atom is -0.465 e. The summed E-state index contributed by atoms with van der Waals surface area (Å²) in [7, 11) is 4.07. The van der Waals surface area contributed by atoms with Crippen LogP contribution >= 0.6 is 0 Å². The number of esters is 1. The Morgan fingerprint density at radius 1 is 1.50 bits per heavy atom. The van der Waals surface area contributed by atoms with Crippen molar-refractivity contribution in [3.8, 4) is 0 Å². The molecule has 0 spiro atoms. The van der Waals surface area contributed by atoms with Gasteiger partial charge in [-0.1, -0.05) is 13.8 Å². The van der Waals surface area contributed by atoms with Crippen LogP contribution in [-0.2, 0) is 9.53 Å². The molecule has 0 radical (unpaired) electrons. The largest absolute Gasteiger partial charge is 0.465 e. The molecule has 0 aromatic carbocycles. The van der Waals surface area contributed by atoms with Gasteiger partial charge in [0.1, 0.15) is 5.54 Å². The summed E-state index contributed by atoms with van der Waals surface area (Å²) in [5.74, 6) is 0.643. The SMILES string of the molecule is CCOC(=O)C1(NC)CCCC(N(C)CCC(C)C)C1. The Balaban J connectivity index is 2.65. The van der Waals surface area contributed by atoms with Crippen molar-refractivity contribution in [2.75, 3.05) is 27.2 Å². The van der Waals surface area contributed by atoms with Gasteiger partial charge in [0.25, 0.3) is 0 Å². The number of nitrogens with one attached hydrogen (secondary N) is 1. The van der Waals surface area contributed by atoms with E-state index in [4.69, 9.17) is 4.74 Å². The monoisotopic (exact) mass is 284 g/mol. The van der Waals surface area contributed by atoms with Crippen LogP contribution in [0.1, 0.15) is 52.9 Å². The number of nitrogens with zero attached hydrogens (tertiary/aromatic N) is 1. The van der Waals surface area contributed by atoms with Crippen molar-refractivity contribution >= 4 is 5.97 Å². The highest BCUT2D eigenvalue weighted by atomic mass is 16.5. The zero-order valence-electron chi connectivity index (χ0n) is 13.9. The van der Waals surface area contributed by atoms with E-state index in [9.17, 15) is 4.79 Å². The average molecular weight is 284 g/mol. The van der Waals surface area contributed by atoms with Gasteiger partial charge in [-0.3, -0.25) is 4.79 Å². The van der Waals surface area contributed by atoms with Gasteiger partial charge < -0.3 is 15.0 Å². The minimum absolute atomic E-state index is 0.0792. The van der Waals surface area contributed by atoms with E-state index in [-0.39, 0.29) is 5.97 Å². The maximum atomic E-state index is 12.3. The lowest BCUT2D eigenvalue weighted by atomic mass is 9.78. The molecule has 0 bridgehead atoms. The van der Waals surface area contributed by atoms with Gasteiger partial charge in [0, 0.05) is 6.04 Å². The highest BCUT2D eigenvalue weighted by Gasteiger charge is 2.43. The molecule has 1 fully saturated rings. The molecule has 2 unspecified atom stereocenters. The minimum atomic E-state index is -0.481. The van der Waals surface area contributed by atoms with Gasteiger partial charge in [0.15, 0.2) is 0 Å². The van der Waals surface area contributed by atoms with Crippen molar-refractivity contribution < 1.29 is 9.53 Å². The molecule has 4 heteroatoms. The zero-order chi connectivity index (χ0) is 15.2. The molecule has 0 saturated heterocycles. The third-order valence-corrected chi connectivity index (χ3v) is 4.55. The van der Waals surface area contributed by atoms with Crippen LogP contribution in [0.15, 0.2) is 0 Å². The summed E-state index contributed by atoms with van der Waals surface area (Å²) < 4.78 is 5.28. The molecular formula is C16H32N2O2. The summed E-state index contributed by atoms with van der Waals surface area (Å²) in [6, 6.07) is 0.472. The fraction of sp³-hybridized carbons (Fsp3) is 0.938. The fourth-order valence-electron chi connectivity index (χ4n) is 3.05. The highest BCUT2D eigenvalue weighted by Crippen LogP contribution is 2.32. The van der Waals surface area contributed by atoms with E-state index in [1.165, 1.54) is 12.8 Å². The topological polar surface area (TPSA) is 41.6 Å². The van der Waals surface area contributed by atoms with Gasteiger partial charge in [0.2, 0.25) is 0 Å². The molecule has 1 N–H and O–H groups in total. The van der Waals surface area contributed by atoms with Crippen LogP contribution in [0.4, 0.5) is 0 Å². The van der Waals surface area contributed by atoms with Crippen molar-refractivity contribution in [3.05, 3.63) is 0 Å². The molecule has 0 aromatic heterocycles. The van der Waals surface area contributed by atoms with Gasteiger partial charge in [-0.25, -0.2) is 0 Å². The lowest BCUT2D eigenvalue weighted by Gasteiger charge is -2.42. The average Bonchev–Trinajstić information content (AvgIpc) is 2.44. The van der Waals surface area contributed by atoms with Gasteiger partial charge in [-0.2, -0.15) is 0 Å². The number of hydrogen-bond acceptors (Lipinski definition) is 4. The lowest BCUT2D eigenvalue weighted by molar-refractivity contribution is -0.153. The van der Waals surface area contributed by atoms with Gasteiger partial charge in [-0.05, 0) is 65.6 Å². The quantitative estimate of drug-likeness (QED) is 0.729. The van der Waals surface area contributed by atoms with Crippen LogP contribution in [0.25, 0.3) is 0 Å². The Bertz CT molecular complexity index is 307. The maximum Gasteiger partial charge on any atom is 0.326 e. The fourth-order valence-corrected chi connectivity index (χ4v) is 3.05. The number of carbonyl (C=O) groups is 1. The number of carbonyl (C=O) groups excluding carboxylic acids is 1. The zero-order valence-corrected chi connectivity index (χ0v) is 13.9. The number of rotatable bonds is 7.